The van der Waals surface area contributed by atoms with Gasteiger partial charge in [0.05, 0.1) is 0 Å². The van der Waals surface area contributed by atoms with Crippen LogP contribution in [0.25, 0.3) is 0 Å². The predicted octanol–water partition coefficient (Wildman–Crippen LogP) is 1.77. The number of benzene rings is 1. The molecule has 0 unspecified atom stereocenters. The number of nitrogens with one attached hydrogen (secondary N) is 1. The number of amides is 1. The highest BCUT2D eigenvalue weighted by Gasteiger charge is 2.16. The fourth-order valence-electron chi connectivity index (χ4n) is 1.82. The second-order valence-corrected chi connectivity index (χ2v) is 4.76. The smallest absolute Gasteiger partial charge is 0.224 e. The highest BCUT2D eigenvalue weighted by atomic mass is 79.9. The average molecular weight is 283 g/mol. The van der Waals surface area contributed by atoms with Crippen molar-refractivity contribution in [2.24, 2.45) is 0 Å². The first kappa shape index (κ1) is 11.6. The monoisotopic (exact) mass is 282 g/mol. The lowest BCUT2D eigenvalue weighted by molar-refractivity contribution is -0.130. The average Bonchev–Trinajstić information content (AvgIpc) is 2.48. The molecule has 1 heterocycles. The number of rotatable bonds is 2. The van der Waals surface area contributed by atoms with Crippen LogP contribution in [0, 0.1) is 0 Å². The van der Waals surface area contributed by atoms with Crippen LogP contribution >= 0.6 is 15.9 Å². The molecule has 1 amide bonds. The van der Waals surface area contributed by atoms with Crippen molar-refractivity contribution < 1.29 is 4.79 Å². The molecule has 1 aromatic rings. The summed E-state index contributed by atoms with van der Waals surface area (Å²) >= 11 is 3.51. The van der Waals surface area contributed by atoms with Gasteiger partial charge >= 0.3 is 0 Å². The zero-order chi connectivity index (χ0) is 11.4. The zero-order valence-electron chi connectivity index (χ0n) is 9.08. The van der Waals surface area contributed by atoms with Crippen LogP contribution in [0.3, 0.4) is 0 Å². The topological polar surface area (TPSA) is 32.3 Å². The van der Waals surface area contributed by atoms with Gasteiger partial charge in [0, 0.05) is 37.1 Å². The van der Waals surface area contributed by atoms with E-state index in [-0.39, 0.29) is 5.91 Å². The summed E-state index contributed by atoms with van der Waals surface area (Å²) in [6.45, 7) is 3.17. The van der Waals surface area contributed by atoms with Gasteiger partial charge in [-0.05, 0) is 11.6 Å². The van der Waals surface area contributed by atoms with Crippen molar-refractivity contribution in [1.82, 2.24) is 10.2 Å². The molecule has 0 bridgehead atoms. The number of carbonyl (C=O) groups excluding carboxylic acids is 1. The van der Waals surface area contributed by atoms with Gasteiger partial charge < -0.3 is 10.2 Å². The third kappa shape index (κ3) is 2.83. The number of nitrogens with zero attached hydrogens (tertiary/aromatic N) is 1. The summed E-state index contributed by atoms with van der Waals surface area (Å²) < 4.78 is 1.07. The third-order valence-electron chi connectivity index (χ3n) is 2.75. The van der Waals surface area contributed by atoms with Gasteiger partial charge in [-0.3, -0.25) is 4.79 Å². The second-order valence-electron chi connectivity index (χ2n) is 3.91. The molecule has 0 aliphatic carbocycles. The van der Waals surface area contributed by atoms with Crippen LogP contribution in [0.1, 0.15) is 12.0 Å². The summed E-state index contributed by atoms with van der Waals surface area (Å²) in [5.41, 5.74) is 1.16. The van der Waals surface area contributed by atoms with E-state index in [9.17, 15) is 4.79 Å². The Balaban J connectivity index is 2.08. The van der Waals surface area contributed by atoms with Gasteiger partial charge in [0.1, 0.15) is 0 Å². The predicted molar refractivity (Wildman–Crippen MR) is 67.0 cm³/mol. The Hall–Kier alpha value is -0.870. The molecule has 2 rings (SSSR count). The SMILES string of the molecule is O=C1CCNCCN1Cc1ccccc1Br. The molecule has 1 aromatic carbocycles. The lowest BCUT2D eigenvalue weighted by Gasteiger charge is -2.20. The minimum atomic E-state index is 0.237. The number of hydrogen-bond acceptors (Lipinski definition) is 2. The first-order valence-electron chi connectivity index (χ1n) is 5.49. The zero-order valence-corrected chi connectivity index (χ0v) is 10.7. The summed E-state index contributed by atoms with van der Waals surface area (Å²) in [5.74, 6) is 0.237. The molecule has 1 aliphatic heterocycles. The molecule has 0 saturated carbocycles. The Labute approximate surface area is 104 Å². The van der Waals surface area contributed by atoms with Crippen LogP contribution in [0.2, 0.25) is 0 Å². The molecule has 1 N–H and O–H groups in total. The maximum absolute atomic E-state index is 11.8. The molecule has 0 aromatic heterocycles. The molecule has 1 fully saturated rings. The van der Waals surface area contributed by atoms with Gasteiger partial charge in [-0.2, -0.15) is 0 Å². The molecular formula is C12H15BrN2O. The molecule has 1 aliphatic rings. The summed E-state index contributed by atoms with van der Waals surface area (Å²) in [6, 6.07) is 8.05. The van der Waals surface area contributed by atoms with E-state index in [1.165, 1.54) is 0 Å². The Bertz CT molecular complexity index is 381. The van der Waals surface area contributed by atoms with Crippen molar-refractivity contribution in [2.75, 3.05) is 19.6 Å². The summed E-state index contributed by atoms with van der Waals surface area (Å²) in [6.07, 6.45) is 0.602. The van der Waals surface area contributed by atoms with E-state index < -0.39 is 0 Å². The van der Waals surface area contributed by atoms with Gasteiger partial charge in [-0.15, -0.1) is 0 Å². The van der Waals surface area contributed by atoms with Crippen molar-refractivity contribution in [3.63, 3.8) is 0 Å². The minimum Gasteiger partial charge on any atom is -0.337 e. The molecule has 4 heteroatoms. The van der Waals surface area contributed by atoms with Crippen molar-refractivity contribution in [3.8, 4) is 0 Å². The van der Waals surface area contributed by atoms with Gasteiger partial charge in [0.25, 0.3) is 0 Å². The highest BCUT2D eigenvalue weighted by molar-refractivity contribution is 9.10. The Kier molecular flexibility index (Phi) is 3.96. The van der Waals surface area contributed by atoms with Gasteiger partial charge in [-0.1, -0.05) is 34.1 Å². The maximum Gasteiger partial charge on any atom is 0.224 e. The Morgan fingerprint density at radius 2 is 2.12 bits per heavy atom. The van der Waals surface area contributed by atoms with E-state index in [1.807, 2.05) is 23.1 Å². The number of halogens is 1. The molecule has 1 saturated heterocycles. The van der Waals surface area contributed by atoms with Crippen LogP contribution < -0.4 is 5.32 Å². The summed E-state index contributed by atoms with van der Waals surface area (Å²) in [7, 11) is 0. The van der Waals surface area contributed by atoms with Crippen molar-refractivity contribution >= 4 is 21.8 Å². The lowest BCUT2D eigenvalue weighted by atomic mass is 10.2. The fourth-order valence-corrected chi connectivity index (χ4v) is 2.23. The quantitative estimate of drug-likeness (QED) is 0.897. The number of carbonyl (C=O) groups is 1. The van der Waals surface area contributed by atoms with E-state index in [0.29, 0.717) is 13.0 Å². The molecular weight excluding hydrogens is 268 g/mol. The largest absolute Gasteiger partial charge is 0.337 e. The van der Waals surface area contributed by atoms with Crippen molar-refractivity contribution in [3.05, 3.63) is 34.3 Å². The first-order valence-corrected chi connectivity index (χ1v) is 6.28. The lowest BCUT2D eigenvalue weighted by Crippen LogP contribution is -2.31. The molecule has 0 atom stereocenters. The normalized spacial score (nSPS) is 17.3. The molecule has 0 spiro atoms. The van der Waals surface area contributed by atoms with Crippen LogP contribution in [-0.4, -0.2) is 30.4 Å². The van der Waals surface area contributed by atoms with E-state index in [2.05, 4.69) is 27.3 Å². The molecule has 16 heavy (non-hydrogen) atoms. The minimum absolute atomic E-state index is 0.237. The van der Waals surface area contributed by atoms with E-state index in [4.69, 9.17) is 0 Å². The van der Waals surface area contributed by atoms with Crippen molar-refractivity contribution in [1.29, 1.82) is 0 Å². The van der Waals surface area contributed by atoms with Gasteiger partial charge in [0.2, 0.25) is 5.91 Å². The van der Waals surface area contributed by atoms with Crippen LogP contribution in [0.5, 0.6) is 0 Å². The Morgan fingerprint density at radius 3 is 2.94 bits per heavy atom. The first-order chi connectivity index (χ1) is 7.77. The number of hydrogen-bond donors (Lipinski definition) is 1. The Morgan fingerprint density at radius 1 is 1.31 bits per heavy atom. The van der Waals surface area contributed by atoms with E-state index in [0.717, 1.165) is 29.7 Å². The highest BCUT2D eigenvalue weighted by Crippen LogP contribution is 2.18. The second kappa shape index (κ2) is 5.46. The molecule has 3 nitrogen and oxygen atoms in total. The van der Waals surface area contributed by atoms with E-state index in [1.54, 1.807) is 0 Å². The van der Waals surface area contributed by atoms with Gasteiger partial charge in [-0.25, -0.2) is 0 Å². The van der Waals surface area contributed by atoms with Crippen LogP contribution in [-0.2, 0) is 11.3 Å². The van der Waals surface area contributed by atoms with Gasteiger partial charge in [0.15, 0.2) is 0 Å². The van der Waals surface area contributed by atoms with Crippen molar-refractivity contribution in [2.45, 2.75) is 13.0 Å². The standard InChI is InChI=1S/C12H15BrN2O/c13-11-4-2-1-3-10(11)9-15-8-7-14-6-5-12(15)16/h1-4,14H,5-9H2. The molecule has 86 valence electrons. The summed E-state index contributed by atoms with van der Waals surface area (Å²) in [5, 5.41) is 3.23. The third-order valence-corrected chi connectivity index (χ3v) is 3.52. The van der Waals surface area contributed by atoms with Crippen LogP contribution in [0.4, 0.5) is 0 Å². The summed E-state index contributed by atoms with van der Waals surface area (Å²) in [4.78, 5) is 13.7. The molecule has 0 radical (unpaired) electrons. The maximum atomic E-state index is 11.8. The van der Waals surface area contributed by atoms with Crippen LogP contribution in [0.15, 0.2) is 28.7 Å². The van der Waals surface area contributed by atoms with E-state index >= 15 is 0 Å². The fraction of sp³-hybridized carbons (Fsp3) is 0.417.